The highest BCUT2D eigenvalue weighted by atomic mass is 32.1. The summed E-state index contributed by atoms with van der Waals surface area (Å²) in [6, 6.07) is 4.60. The van der Waals surface area contributed by atoms with Gasteiger partial charge in [-0.15, -0.1) is 0 Å². The number of nitrogens with one attached hydrogen (secondary N) is 1. The van der Waals surface area contributed by atoms with Gasteiger partial charge in [0.2, 0.25) is 0 Å². The largest absolute Gasteiger partial charge is 0.493 e. The molecule has 1 amide bonds. The Kier molecular flexibility index (Phi) is 13.5. The van der Waals surface area contributed by atoms with Crippen LogP contribution in [0.25, 0.3) is 0 Å². The average Bonchev–Trinajstić information content (AvgIpc) is 3.21. The van der Waals surface area contributed by atoms with E-state index >= 15 is 0 Å². The van der Waals surface area contributed by atoms with Gasteiger partial charge in [0, 0.05) is 13.1 Å². The summed E-state index contributed by atoms with van der Waals surface area (Å²) in [5.74, 6) is -0.814. The van der Waals surface area contributed by atoms with Crippen LogP contribution in [0.1, 0.15) is 20.8 Å². The van der Waals surface area contributed by atoms with E-state index in [2.05, 4.69) is 27.4 Å². The van der Waals surface area contributed by atoms with Crippen molar-refractivity contribution in [2.24, 2.45) is 5.10 Å². The van der Waals surface area contributed by atoms with E-state index in [-0.39, 0.29) is 18.6 Å². The molecule has 10 nitrogen and oxygen atoms in total. The number of halogens is 1. The van der Waals surface area contributed by atoms with Crippen LogP contribution in [0.5, 0.6) is 0 Å². The van der Waals surface area contributed by atoms with Gasteiger partial charge in [0.15, 0.2) is 0 Å². The number of methoxy groups -OCH3 is 1. The van der Waals surface area contributed by atoms with E-state index in [1.165, 1.54) is 30.0 Å². The van der Waals surface area contributed by atoms with Crippen LogP contribution in [0, 0.1) is 5.82 Å². The van der Waals surface area contributed by atoms with Gasteiger partial charge in [0.1, 0.15) is 30.4 Å². The van der Waals surface area contributed by atoms with Crippen molar-refractivity contribution in [1.29, 1.82) is 0 Å². The van der Waals surface area contributed by atoms with Crippen LogP contribution < -0.4 is 15.1 Å². The molecule has 1 N–H and O–H groups in total. The highest BCUT2D eigenvalue weighted by Crippen LogP contribution is 2.28. The molecule has 2 aliphatic rings. The fourth-order valence-corrected chi connectivity index (χ4v) is 3.10. The molecule has 1 fully saturated rings. The molecule has 34 heavy (non-hydrogen) atoms. The summed E-state index contributed by atoms with van der Waals surface area (Å²) in [5.41, 5.74) is 2.00. The van der Waals surface area contributed by atoms with Crippen molar-refractivity contribution >= 4 is 47.5 Å². The summed E-state index contributed by atoms with van der Waals surface area (Å²) in [6.45, 7) is 7.96. The number of rotatable bonds is 8. The molecule has 1 aromatic carbocycles. The molecule has 0 spiro atoms. The number of carbonyl (C=O) groups is 2. The molecule has 2 aliphatic heterocycles. The first-order chi connectivity index (χ1) is 16.4. The lowest BCUT2D eigenvalue weighted by Gasteiger charge is -2.29. The fourth-order valence-electron chi connectivity index (χ4n) is 3.10. The third kappa shape index (κ3) is 8.75. The Labute approximate surface area is 205 Å². The maximum Gasteiger partial charge on any atom is 0.414 e. The van der Waals surface area contributed by atoms with Gasteiger partial charge in [-0.05, 0) is 44.4 Å². The number of esters is 1. The van der Waals surface area contributed by atoms with Crippen molar-refractivity contribution in [2.45, 2.75) is 26.9 Å². The molecule has 0 radical (unpaired) electrons. The molecule has 1 aromatic rings. The lowest BCUT2D eigenvalue weighted by atomic mass is 10.2. The van der Waals surface area contributed by atoms with E-state index in [0.29, 0.717) is 44.2 Å². The highest BCUT2D eigenvalue weighted by Gasteiger charge is 2.32. The second kappa shape index (κ2) is 15.8. The highest BCUT2D eigenvalue weighted by molar-refractivity contribution is 7.78. The average molecular weight is 500 g/mol. The van der Waals surface area contributed by atoms with Crippen molar-refractivity contribution in [3.05, 3.63) is 24.0 Å². The molecule has 12 heteroatoms. The third-order valence-electron chi connectivity index (χ3n) is 4.52. The number of nitrogens with zero attached hydrogens (tertiary/aromatic N) is 4. The second-order valence-corrected chi connectivity index (χ2v) is 6.95. The number of cyclic esters (lactones) is 1. The summed E-state index contributed by atoms with van der Waals surface area (Å²) in [5, 5.41) is 8.70. The molecule has 0 bridgehead atoms. The lowest BCUT2D eigenvalue weighted by molar-refractivity contribution is -0.144. The van der Waals surface area contributed by atoms with Gasteiger partial charge in [-0.1, -0.05) is 13.8 Å². The Balaban J connectivity index is 0.000000872. The molecular weight excluding hydrogens is 465 g/mol. The Morgan fingerprint density at radius 1 is 1.38 bits per heavy atom. The van der Waals surface area contributed by atoms with Gasteiger partial charge < -0.3 is 24.4 Å². The summed E-state index contributed by atoms with van der Waals surface area (Å²) < 4.78 is 29.1. The van der Waals surface area contributed by atoms with E-state index in [9.17, 15) is 14.0 Å². The first-order valence-corrected chi connectivity index (χ1v) is 11.5. The van der Waals surface area contributed by atoms with Crippen molar-refractivity contribution in [3.8, 4) is 0 Å². The molecule has 1 unspecified atom stereocenters. The molecule has 1 atom stereocenters. The zero-order chi connectivity index (χ0) is 25.5. The van der Waals surface area contributed by atoms with Gasteiger partial charge in [-0.25, -0.2) is 9.18 Å². The predicted molar refractivity (Wildman–Crippen MR) is 134 cm³/mol. The minimum absolute atomic E-state index is 0.0600. The van der Waals surface area contributed by atoms with Crippen LogP contribution >= 0.6 is 12.2 Å². The topological polar surface area (TPSA) is 95.9 Å². The van der Waals surface area contributed by atoms with Crippen molar-refractivity contribution in [2.75, 3.05) is 63.3 Å². The molecule has 1 saturated heterocycles. The van der Waals surface area contributed by atoms with Crippen LogP contribution in [0.15, 0.2) is 23.3 Å². The number of hydrogen-bond donors (Lipinski definition) is 1. The van der Waals surface area contributed by atoms with Crippen LogP contribution in [0.4, 0.5) is 20.6 Å². The van der Waals surface area contributed by atoms with Gasteiger partial charge in [0.25, 0.3) is 0 Å². The minimum Gasteiger partial charge on any atom is -0.493 e. The second-order valence-electron chi connectivity index (χ2n) is 6.76. The van der Waals surface area contributed by atoms with Crippen molar-refractivity contribution in [1.82, 2.24) is 10.3 Å². The van der Waals surface area contributed by atoms with E-state index < -0.39 is 11.9 Å². The van der Waals surface area contributed by atoms with Crippen LogP contribution in [-0.4, -0.2) is 88.6 Å². The predicted octanol–water partition coefficient (Wildman–Crippen LogP) is 2.61. The Morgan fingerprint density at radius 2 is 2.09 bits per heavy atom. The van der Waals surface area contributed by atoms with Gasteiger partial charge in [0.05, 0.1) is 38.2 Å². The van der Waals surface area contributed by atoms with E-state index in [0.717, 1.165) is 0 Å². The molecule has 0 aromatic heterocycles. The zero-order valence-electron chi connectivity index (χ0n) is 20.3. The molecule has 2 heterocycles. The van der Waals surface area contributed by atoms with Gasteiger partial charge in [-0.3, -0.25) is 14.7 Å². The number of benzene rings is 1. The number of amides is 1. The minimum atomic E-state index is -0.485. The monoisotopic (exact) mass is 499 g/mol. The van der Waals surface area contributed by atoms with E-state index in [4.69, 9.17) is 9.47 Å². The Bertz CT molecular complexity index is 829. The molecular formula is C22H34FN5O5S. The van der Waals surface area contributed by atoms with Crippen LogP contribution in [0.3, 0.4) is 0 Å². The number of thiocarbonyl (C=S) groups is 1. The number of hydrogen-bond acceptors (Lipinski definition) is 10. The van der Waals surface area contributed by atoms with E-state index in [1.54, 1.807) is 36.0 Å². The molecule has 190 valence electrons. The first-order valence-electron chi connectivity index (χ1n) is 11.0. The van der Waals surface area contributed by atoms with Gasteiger partial charge in [-0.2, -0.15) is 5.10 Å². The third-order valence-corrected chi connectivity index (χ3v) is 4.72. The summed E-state index contributed by atoms with van der Waals surface area (Å²) >= 11 is 4.21. The molecule has 0 aliphatic carbocycles. The maximum atomic E-state index is 14.7. The standard InChI is InChI=1S/C18H24FN5O4.C2H4OS.C2H6/c1-3-27-17(25)11-23-7-6-22(12-21-23)16-5-4-13(8-15(16)19)24-10-14(9-20-2)28-18(24)26;1-3-2-4;1-2/h4-5,8,12,14,20H,3,6-7,9-11H2,1-2H3;2H,1H3;1-2H3. The normalized spacial score (nSPS) is 16.6. The smallest absolute Gasteiger partial charge is 0.414 e. The zero-order valence-corrected chi connectivity index (χ0v) is 21.1. The quantitative estimate of drug-likeness (QED) is 0.428. The summed E-state index contributed by atoms with van der Waals surface area (Å²) in [4.78, 5) is 26.6. The number of likely N-dealkylation sites (N-methyl/N-ethyl adjacent to an activating group) is 1. The molecule has 3 rings (SSSR count). The number of hydrazone groups is 1. The van der Waals surface area contributed by atoms with E-state index in [1.807, 2.05) is 13.8 Å². The summed E-state index contributed by atoms with van der Waals surface area (Å²) in [6.07, 6.45) is 0.731. The number of ether oxygens (including phenoxy) is 3. The summed E-state index contributed by atoms with van der Waals surface area (Å²) in [7, 11) is 3.30. The fraction of sp³-hybridized carbons (Fsp3) is 0.545. The van der Waals surface area contributed by atoms with Crippen molar-refractivity contribution < 1.29 is 28.2 Å². The Hall–Kier alpha value is -2.99. The molecule has 0 saturated carbocycles. The Morgan fingerprint density at radius 3 is 2.62 bits per heavy atom. The lowest BCUT2D eigenvalue weighted by Crippen LogP contribution is -2.40. The maximum absolute atomic E-state index is 14.7. The van der Waals surface area contributed by atoms with Gasteiger partial charge >= 0.3 is 12.1 Å². The SMILES string of the molecule is CC.CCOC(=O)CN1CCN(c2ccc(N3CC(CNC)OC3=O)cc2F)C=N1.COC=S. The van der Waals surface area contributed by atoms with Crippen molar-refractivity contribution in [3.63, 3.8) is 0 Å². The number of carbonyl (C=O) groups excluding carboxylic acids is 2. The van der Waals surface area contributed by atoms with Crippen LogP contribution in [0.2, 0.25) is 0 Å². The number of anilines is 2. The van der Waals surface area contributed by atoms with Crippen LogP contribution in [-0.2, 0) is 19.0 Å². The first kappa shape index (κ1) is 29.0.